The van der Waals surface area contributed by atoms with E-state index in [0.717, 1.165) is 5.69 Å². The molecule has 0 aliphatic heterocycles. The normalized spacial score (nSPS) is 9.55. The highest BCUT2D eigenvalue weighted by Gasteiger charge is 1.91. The van der Waals surface area contributed by atoms with Crippen LogP contribution >= 0.6 is 0 Å². The first-order valence-electron chi connectivity index (χ1n) is 3.42. The first-order chi connectivity index (χ1) is 5.33. The lowest BCUT2D eigenvalue weighted by Crippen LogP contribution is -2.12. The number of aromatic hydroxyl groups is 1. The van der Waals surface area contributed by atoms with Gasteiger partial charge in [0, 0.05) is 31.0 Å². The molecule has 0 amide bonds. The quantitative estimate of drug-likeness (QED) is 0.578. The lowest BCUT2D eigenvalue weighted by Gasteiger charge is -2.02. The predicted molar refractivity (Wildman–Crippen MR) is 43.4 cm³/mol. The number of hydrogen-bond donors (Lipinski definition) is 3. The van der Waals surface area contributed by atoms with Crippen LogP contribution in [-0.2, 0) is 0 Å². The van der Waals surface area contributed by atoms with E-state index in [-0.39, 0.29) is 5.88 Å². The summed E-state index contributed by atoms with van der Waals surface area (Å²) in [5.74, 6) is 0.0204. The van der Waals surface area contributed by atoms with Gasteiger partial charge in [0.05, 0.1) is 0 Å². The van der Waals surface area contributed by atoms with Crippen molar-refractivity contribution in [3.05, 3.63) is 18.3 Å². The van der Waals surface area contributed by atoms with Crippen LogP contribution in [0.1, 0.15) is 0 Å². The maximum absolute atomic E-state index is 8.93. The molecule has 0 aliphatic rings. The van der Waals surface area contributed by atoms with Gasteiger partial charge >= 0.3 is 0 Å². The van der Waals surface area contributed by atoms with Crippen LogP contribution in [0, 0.1) is 0 Å². The number of nitrogens with two attached hydrogens (primary N) is 1. The van der Waals surface area contributed by atoms with Gasteiger partial charge < -0.3 is 16.2 Å². The summed E-state index contributed by atoms with van der Waals surface area (Å²) in [7, 11) is 0. The standard InChI is InChI=1S/C7H11N3O/c8-2-4-9-6-1-3-10-7(11)5-6/h1,3,5H,2,4,8H2,(H2,9,10,11). The van der Waals surface area contributed by atoms with Crippen LogP contribution < -0.4 is 11.1 Å². The molecule has 1 aromatic rings. The minimum atomic E-state index is 0.0204. The van der Waals surface area contributed by atoms with Gasteiger partial charge in [0.15, 0.2) is 0 Å². The summed E-state index contributed by atoms with van der Waals surface area (Å²) in [6.07, 6.45) is 1.54. The van der Waals surface area contributed by atoms with Crippen molar-refractivity contribution in [2.45, 2.75) is 0 Å². The number of nitrogens with one attached hydrogen (secondary N) is 1. The molecular weight excluding hydrogens is 142 g/mol. The lowest BCUT2D eigenvalue weighted by atomic mass is 10.4. The molecule has 0 radical (unpaired) electrons. The zero-order chi connectivity index (χ0) is 8.10. The maximum Gasteiger partial charge on any atom is 0.212 e. The molecule has 60 valence electrons. The van der Waals surface area contributed by atoms with Crippen molar-refractivity contribution in [1.29, 1.82) is 0 Å². The Balaban J connectivity index is 2.56. The smallest absolute Gasteiger partial charge is 0.212 e. The van der Waals surface area contributed by atoms with Crippen molar-refractivity contribution in [2.75, 3.05) is 18.4 Å². The van der Waals surface area contributed by atoms with Gasteiger partial charge in [0.1, 0.15) is 0 Å². The zero-order valence-electron chi connectivity index (χ0n) is 6.12. The van der Waals surface area contributed by atoms with Crippen molar-refractivity contribution in [2.24, 2.45) is 5.73 Å². The van der Waals surface area contributed by atoms with E-state index in [0.29, 0.717) is 13.1 Å². The Hall–Kier alpha value is -1.29. The van der Waals surface area contributed by atoms with E-state index in [1.807, 2.05) is 0 Å². The molecule has 0 saturated carbocycles. The summed E-state index contributed by atoms with van der Waals surface area (Å²) in [6, 6.07) is 3.32. The number of aromatic nitrogens is 1. The van der Waals surface area contributed by atoms with Crippen LogP contribution in [0.15, 0.2) is 18.3 Å². The van der Waals surface area contributed by atoms with Gasteiger partial charge in [-0.1, -0.05) is 0 Å². The van der Waals surface area contributed by atoms with E-state index in [9.17, 15) is 0 Å². The molecule has 0 saturated heterocycles. The SMILES string of the molecule is NCCNc1ccnc(O)c1. The Morgan fingerprint density at radius 3 is 3.09 bits per heavy atom. The summed E-state index contributed by atoms with van der Waals surface area (Å²) < 4.78 is 0. The van der Waals surface area contributed by atoms with Gasteiger partial charge in [-0.15, -0.1) is 0 Å². The van der Waals surface area contributed by atoms with Gasteiger partial charge in [0.25, 0.3) is 0 Å². The van der Waals surface area contributed by atoms with Crippen LogP contribution in [-0.4, -0.2) is 23.2 Å². The van der Waals surface area contributed by atoms with Gasteiger partial charge in [-0.25, -0.2) is 4.98 Å². The second-order valence-electron chi connectivity index (χ2n) is 2.12. The van der Waals surface area contributed by atoms with Crippen LogP contribution in [0.3, 0.4) is 0 Å². The van der Waals surface area contributed by atoms with Crippen molar-refractivity contribution in [3.8, 4) is 5.88 Å². The number of hydrogen-bond acceptors (Lipinski definition) is 4. The van der Waals surface area contributed by atoms with Crippen molar-refractivity contribution >= 4 is 5.69 Å². The van der Waals surface area contributed by atoms with Crippen LogP contribution in [0.2, 0.25) is 0 Å². The van der Waals surface area contributed by atoms with E-state index < -0.39 is 0 Å². The maximum atomic E-state index is 8.93. The molecular formula is C7H11N3O. The number of nitrogens with zero attached hydrogens (tertiary/aromatic N) is 1. The van der Waals surface area contributed by atoms with E-state index in [4.69, 9.17) is 10.8 Å². The highest BCUT2D eigenvalue weighted by Crippen LogP contribution is 2.10. The van der Waals surface area contributed by atoms with E-state index >= 15 is 0 Å². The molecule has 0 bridgehead atoms. The molecule has 11 heavy (non-hydrogen) atoms. The Kier molecular flexibility index (Phi) is 2.68. The summed E-state index contributed by atoms with van der Waals surface area (Å²) in [5, 5.41) is 11.9. The van der Waals surface area contributed by atoms with Crippen LogP contribution in [0.25, 0.3) is 0 Å². The Labute approximate surface area is 65.1 Å². The second-order valence-corrected chi connectivity index (χ2v) is 2.12. The van der Waals surface area contributed by atoms with E-state index in [2.05, 4.69) is 10.3 Å². The minimum Gasteiger partial charge on any atom is -0.493 e. The highest BCUT2D eigenvalue weighted by molar-refractivity contribution is 5.44. The number of anilines is 1. The summed E-state index contributed by atoms with van der Waals surface area (Å²) in [4.78, 5) is 3.63. The summed E-state index contributed by atoms with van der Waals surface area (Å²) in [6.45, 7) is 1.27. The Morgan fingerprint density at radius 2 is 2.45 bits per heavy atom. The molecule has 4 heteroatoms. The minimum absolute atomic E-state index is 0.0204. The fraction of sp³-hybridized carbons (Fsp3) is 0.286. The van der Waals surface area contributed by atoms with Crippen molar-refractivity contribution in [3.63, 3.8) is 0 Å². The molecule has 1 heterocycles. The van der Waals surface area contributed by atoms with E-state index in [1.54, 1.807) is 12.1 Å². The summed E-state index contributed by atoms with van der Waals surface area (Å²) >= 11 is 0. The molecule has 0 unspecified atom stereocenters. The van der Waals surface area contributed by atoms with Gasteiger partial charge in [-0.3, -0.25) is 0 Å². The second kappa shape index (κ2) is 3.78. The average Bonchev–Trinajstić information content (AvgIpc) is 2.01. The van der Waals surface area contributed by atoms with Gasteiger partial charge in [-0.2, -0.15) is 0 Å². The first kappa shape index (κ1) is 7.81. The predicted octanol–water partition coefficient (Wildman–Crippen LogP) is 0.158. The number of pyridine rings is 1. The van der Waals surface area contributed by atoms with Gasteiger partial charge in [0.2, 0.25) is 5.88 Å². The van der Waals surface area contributed by atoms with E-state index in [1.165, 1.54) is 6.20 Å². The van der Waals surface area contributed by atoms with Crippen LogP contribution in [0.4, 0.5) is 5.69 Å². The third-order valence-corrected chi connectivity index (χ3v) is 1.22. The highest BCUT2D eigenvalue weighted by atomic mass is 16.3. The molecule has 0 fully saturated rings. The molecule has 0 aromatic carbocycles. The third-order valence-electron chi connectivity index (χ3n) is 1.22. The average molecular weight is 153 g/mol. The Bertz CT molecular complexity index is 227. The molecule has 1 aromatic heterocycles. The topological polar surface area (TPSA) is 71.2 Å². The fourth-order valence-corrected chi connectivity index (χ4v) is 0.745. The molecule has 0 aliphatic carbocycles. The fourth-order valence-electron chi connectivity index (χ4n) is 0.745. The van der Waals surface area contributed by atoms with Gasteiger partial charge in [-0.05, 0) is 6.07 Å². The van der Waals surface area contributed by atoms with Crippen molar-refractivity contribution < 1.29 is 5.11 Å². The monoisotopic (exact) mass is 153 g/mol. The number of rotatable bonds is 3. The molecule has 0 spiro atoms. The largest absolute Gasteiger partial charge is 0.493 e. The summed E-state index contributed by atoms with van der Waals surface area (Å²) in [5.41, 5.74) is 6.11. The first-order valence-corrected chi connectivity index (χ1v) is 3.42. The third kappa shape index (κ3) is 2.43. The Morgan fingerprint density at radius 1 is 1.64 bits per heavy atom. The molecule has 0 atom stereocenters. The lowest BCUT2D eigenvalue weighted by molar-refractivity contribution is 0.454. The molecule has 1 rings (SSSR count). The molecule has 4 N–H and O–H groups in total. The van der Waals surface area contributed by atoms with Crippen LogP contribution in [0.5, 0.6) is 5.88 Å². The van der Waals surface area contributed by atoms with Crippen molar-refractivity contribution in [1.82, 2.24) is 4.98 Å². The zero-order valence-corrected chi connectivity index (χ0v) is 6.12. The molecule has 4 nitrogen and oxygen atoms in total.